The van der Waals surface area contributed by atoms with Crippen molar-refractivity contribution >= 4 is 29.8 Å². The normalized spacial score (nSPS) is 12.1. The maximum Gasteiger partial charge on any atom is 0.520 e. The van der Waals surface area contributed by atoms with E-state index in [0.717, 1.165) is 0 Å². The van der Waals surface area contributed by atoms with Gasteiger partial charge in [0.1, 0.15) is 13.2 Å². The molecule has 0 fully saturated rings. The van der Waals surface area contributed by atoms with Gasteiger partial charge >= 0.3 is 29.8 Å². The second-order valence-electron chi connectivity index (χ2n) is 4.97. The molecule has 164 valence electrons. The summed E-state index contributed by atoms with van der Waals surface area (Å²) in [6.45, 7) is -0.0171. The lowest BCUT2D eigenvalue weighted by molar-refractivity contribution is 0.116. The highest BCUT2D eigenvalue weighted by Crippen LogP contribution is 2.04. The van der Waals surface area contributed by atoms with Gasteiger partial charge in [0, 0.05) is 42.7 Å². The molecule has 0 aliphatic heterocycles. The second-order valence-corrected chi connectivity index (χ2v) is 10.9. The summed E-state index contributed by atoms with van der Waals surface area (Å²) in [4.78, 5) is 23.2. The lowest BCUT2D eigenvalue weighted by Crippen LogP contribution is -2.53. The van der Waals surface area contributed by atoms with Gasteiger partial charge in [-0.1, -0.05) is 0 Å². The number of hydrogen-bond acceptors (Lipinski definition) is 10. The average molecular weight is 443 g/mol. The lowest BCUT2D eigenvalue weighted by atomic mass is 10.5. The molecule has 0 aliphatic carbocycles. The molecule has 14 heteroatoms. The molecule has 0 spiro atoms. The summed E-state index contributed by atoms with van der Waals surface area (Å²) in [5.41, 5.74) is 0. The van der Waals surface area contributed by atoms with Crippen molar-refractivity contribution in [2.24, 2.45) is 0 Å². The number of amides is 2. The number of alkyl carbamates (subject to hydrolysis) is 2. The number of ether oxygens (including phenoxy) is 2. The molecular formula is C14H30N2O10Si2. The van der Waals surface area contributed by atoms with Gasteiger partial charge in [-0.05, 0) is 12.2 Å². The number of carbonyl (C=O) groups is 2. The van der Waals surface area contributed by atoms with Crippen molar-refractivity contribution in [2.75, 3.05) is 68.2 Å². The highest BCUT2D eigenvalue weighted by molar-refractivity contribution is 6.61. The van der Waals surface area contributed by atoms with Gasteiger partial charge in [-0.2, -0.15) is 0 Å². The van der Waals surface area contributed by atoms with Gasteiger partial charge in [-0.15, -0.1) is 0 Å². The van der Waals surface area contributed by atoms with Crippen LogP contribution in [0.1, 0.15) is 0 Å². The minimum absolute atomic E-state index is 0.00857. The zero-order valence-corrected chi connectivity index (χ0v) is 19.1. The second kappa shape index (κ2) is 14.5. The van der Waals surface area contributed by atoms with Crippen LogP contribution in [0.2, 0.25) is 0 Å². The van der Waals surface area contributed by atoms with Crippen molar-refractivity contribution in [2.45, 2.75) is 0 Å². The van der Waals surface area contributed by atoms with E-state index in [1.807, 2.05) is 0 Å². The van der Waals surface area contributed by atoms with Crippen molar-refractivity contribution in [1.29, 1.82) is 0 Å². The van der Waals surface area contributed by atoms with E-state index >= 15 is 0 Å². The molecule has 2 N–H and O–H groups in total. The molecule has 12 nitrogen and oxygen atoms in total. The van der Waals surface area contributed by atoms with Crippen LogP contribution in [0.3, 0.4) is 0 Å². The van der Waals surface area contributed by atoms with Crippen LogP contribution in [0.5, 0.6) is 0 Å². The van der Waals surface area contributed by atoms with Gasteiger partial charge in [-0.25, -0.2) is 9.59 Å². The zero-order chi connectivity index (χ0) is 21.5. The molecule has 0 radical (unpaired) electrons. The summed E-state index contributed by atoms with van der Waals surface area (Å²) in [7, 11) is 2.82. The van der Waals surface area contributed by atoms with E-state index < -0.39 is 29.8 Å². The molecular weight excluding hydrogens is 412 g/mol. The van der Waals surface area contributed by atoms with Gasteiger partial charge in [0.25, 0.3) is 0 Å². The minimum atomic E-state index is -2.90. The first-order chi connectivity index (χ1) is 13.4. The summed E-state index contributed by atoms with van der Waals surface area (Å²) < 4.78 is 40.8. The molecule has 0 rings (SSSR count). The standard InChI is InChI=1S/C14H30N2O10Si2/c1-19-27(20-2,21-3)11-15-13(17)25-9-7-8-10-26-14(18)16-12-28(22-4,23-5)24-6/h7-8H,9-12H2,1-6H3,(H,15,17)(H,16,18)/b8-7+. The topological polar surface area (TPSA) is 132 Å². The highest BCUT2D eigenvalue weighted by atomic mass is 28.4. The molecule has 0 bridgehead atoms. The van der Waals surface area contributed by atoms with Gasteiger partial charge < -0.3 is 46.7 Å². The van der Waals surface area contributed by atoms with E-state index in [-0.39, 0.29) is 25.5 Å². The Hall–Kier alpha value is -1.53. The Morgan fingerprint density at radius 2 is 0.929 bits per heavy atom. The summed E-state index contributed by atoms with van der Waals surface area (Å²) >= 11 is 0. The van der Waals surface area contributed by atoms with E-state index in [2.05, 4.69) is 10.6 Å². The summed E-state index contributed by atoms with van der Waals surface area (Å²) in [6, 6.07) is 0. The molecule has 0 heterocycles. The van der Waals surface area contributed by atoms with Crippen LogP contribution in [0.25, 0.3) is 0 Å². The van der Waals surface area contributed by atoms with E-state index in [4.69, 9.17) is 36.0 Å². The van der Waals surface area contributed by atoms with Crippen molar-refractivity contribution in [3.63, 3.8) is 0 Å². The smallest absolute Gasteiger partial charge is 0.445 e. The number of nitrogens with one attached hydrogen (secondary N) is 2. The van der Waals surface area contributed by atoms with Crippen LogP contribution in [0.4, 0.5) is 9.59 Å². The molecule has 2 amide bonds. The van der Waals surface area contributed by atoms with Crippen LogP contribution in [-0.4, -0.2) is 98.0 Å². The molecule has 0 saturated carbocycles. The highest BCUT2D eigenvalue weighted by Gasteiger charge is 2.39. The summed E-state index contributed by atoms with van der Waals surface area (Å²) in [6.07, 6.45) is 1.87. The summed E-state index contributed by atoms with van der Waals surface area (Å²) in [5.74, 6) is 0. The van der Waals surface area contributed by atoms with Crippen LogP contribution in [0.15, 0.2) is 12.2 Å². The molecule has 0 aromatic rings. The van der Waals surface area contributed by atoms with Gasteiger partial charge in [0.05, 0.1) is 12.3 Å². The predicted octanol–water partition coefficient (Wildman–Crippen LogP) is -0.170. The molecule has 0 saturated heterocycles. The fourth-order valence-electron chi connectivity index (χ4n) is 1.78. The average Bonchev–Trinajstić information content (AvgIpc) is 2.73. The molecule has 0 aliphatic rings. The maximum atomic E-state index is 11.6. The fourth-order valence-corrected chi connectivity index (χ4v) is 4.37. The van der Waals surface area contributed by atoms with Crippen LogP contribution < -0.4 is 10.6 Å². The van der Waals surface area contributed by atoms with Crippen LogP contribution >= 0.6 is 0 Å². The van der Waals surface area contributed by atoms with Gasteiger partial charge in [-0.3, -0.25) is 0 Å². The molecule has 0 aromatic heterocycles. The Morgan fingerprint density at radius 1 is 0.643 bits per heavy atom. The zero-order valence-electron chi connectivity index (χ0n) is 17.1. The van der Waals surface area contributed by atoms with Gasteiger partial charge in [0.2, 0.25) is 0 Å². The Morgan fingerprint density at radius 3 is 1.18 bits per heavy atom. The predicted molar refractivity (Wildman–Crippen MR) is 101 cm³/mol. The first kappa shape index (κ1) is 26.5. The Bertz CT molecular complexity index is 428. The first-order valence-corrected chi connectivity index (χ1v) is 12.0. The van der Waals surface area contributed by atoms with Crippen molar-refractivity contribution < 1.29 is 45.6 Å². The Balaban J connectivity index is 4.01. The SMILES string of the molecule is CO[Si](CNC(=O)OC/C=C/COC(=O)NC[Si](OC)(OC)OC)(OC)OC. The molecule has 28 heavy (non-hydrogen) atoms. The van der Waals surface area contributed by atoms with E-state index in [1.165, 1.54) is 54.8 Å². The third-order valence-electron chi connectivity index (χ3n) is 3.55. The number of hydrogen-bond donors (Lipinski definition) is 2. The molecule has 0 unspecified atom stereocenters. The quantitative estimate of drug-likeness (QED) is 0.276. The Labute approximate surface area is 167 Å². The largest absolute Gasteiger partial charge is 0.520 e. The Kier molecular flexibility index (Phi) is 13.7. The molecule has 0 aromatic carbocycles. The first-order valence-electron chi connectivity index (χ1n) is 8.13. The monoisotopic (exact) mass is 442 g/mol. The van der Waals surface area contributed by atoms with E-state index in [1.54, 1.807) is 0 Å². The third-order valence-corrected chi connectivity index (χ3v) is 8.50. The van der Waals surface area contributed by atoms with Crippen molar-refractivity contribution in [1.82, 2.24) is 10.6 Å². The van der Waals surface area contributed by atoms with Crippen molar-refractivity contribution in [3.8, 4) is 0 Å². The van der Waals surface area contributed by atoms with Crippen LogP contribution in [-0.2, 0) is 36.0 Å². The van der Waals surface area contributed by atoms with Crippen molar-refractivity contribution in [3.05, 3.63) is 12.2 Å². The summed E-state index contributed by atoms with van der Waals surface area (Å²) in [5, 5.41) is 5.00. The molecule has 0 atom stereocenters. The van der Waals surface area contributed by atoms with Crippen LogP contribution in [0, 0.1) is 0 Å². The lowest BCUT2D eigenvalue weighted by Gasteiger charge is -2.24. The van der Waals surface area contributed by atoms with Gasteiger partial charge in [0.15, 0.2) is 0 Å². The van der Waals surface area contributed by atoms with E-state index in [9.17, 15) is 9.59 Å². The maximum absolute atomic E-state index is 11.6. The minimum Gasteiger partial charge on any atom is -0.445 e. The fraction of sp³-hybridized carbons (Fsp3) is 0.714. The van der Waals surface area contributed by atoms with E-state index in [0.29, 0.717) is 0 Å². The number of carbonyl (C=O) groups excluding carboxylic acids is 2. The number of rotatable bonds is 14. The third kappa shape index (κ3) is 9.60.